The van der Waals surface area contributed by atoms with Crippen molar-refractivity contribution in [3.8, 4) is 0 Å². The molecule has 0 aromatic heterocycles. The van der Waals surface area contributed by atoms with Crippen LogP contribution in [0.5, 0.6) is 0 Å². The highest BCUT2D eigenvalue weighted by Gasteiger charge is 2.22. The molecule has 2 rings (SSSR count). The fourth-order valence-corrected chi connectivity index (χ4v) is 2.54. The van der Waals surface area contributed by atoms with Crippen LogP contribution in [-0.2, 0) is 16.1 Å². The number of nitrogens with zero attached hydrogens (tertiary/aromatic N) is 1. The summed E-state index contributed by atoms with van der Waals surface area (Å²) in [6, 6.07) is 4.72. The van der Waals surface area contributed by atoms with E-state index in [-0.39, 0.29) is 23.6 Å². The predicted octanol–water partition coefficient (Wildman–Crippen LogP) is 2.65. The molecule has 0 heterocycles. The van der Waals surface area contributed by atoms with Gasteiger partial charge in [0.2, 0.25) is 0 Å². The Morgan fingerprint density at radius 1 is 1.40 bits per heavy atom. The van der Waals surface area contributed by atoms with Crippen LogP contribution in [0.2, 0.25) is 0 Å². The number of nitro groups is 1. The summed E-state index contributed by atoms with van der Waals surface area (Å²) in [4.78, 5) is 10.2. The lowest BCUT2D eigenvalue weighted by Gasteiger charge is -2.28. The van der Waals surface area contributed by atoms with E-state index in [0.29, 0.717) is 6.61 Å². The minimum absolute atomic E-state index is 0.0640. The summed E-state index contributed by atoms with van der Waals surface area (Å²) in [7, 11) is 1.73. The molecule has 6 nitrogen and oxygen atoms in total. The molecule has 1 aliphatic rings. The molecule has 0 amide bonds. The Kier molecular flexibility index (Phi) is 4.92. The first kappa shape index (κ1) is 14.7. The molecule has 1 fully saturated rings. The molecule has 2 atom stereocenters. The lowest BCUT2D eigenvalue weighted by molar-refractivity contribution is -0.383. The topological polar surface area (TPSA) is 87.6 Å². The van der Waals surface area contributed by atoms with Crippen molar-refractivity contribution >= 4 is 11.4 Å². The van der Waals surface area contributed by atoms with Gasteiger partial charge in [-0.1, -0.05) is 0 Å². The number of methoxy groups -OCH3 is 1. The highest BCUT2D eigenvalue weighted by molar-refractivity contribution is 5.59. The molecular weight excluding hydrogens is 260 g/mol. The summed E-state index contributed by atoms with van der Waals surface area (Å²) < 4.78 is 11.2. The SMILES string of the molecule is COC1CCCC(OCc2ccc([N+](=O)[O-])c(N)c2)C1. The van der Waals surface area contributed by atoms with Gasteiger partial charge in [0, 0.05) is 13.2 Å². The zero-order valence-corrected chi connectivity index (χ0v) is 11.6. The second-order valence-corrected chi connectivity index (χ2v) is 5.11. The van der Waals surface area contributed by atoms with Crippen molar-refractivity contribution in [1.29, 1.82) is 0 Å². The first-order valence-corrected chi connectivity index (χ1v) is 6.77. The highest BCUT2D eigenvalue weighted by atomic mass is 16.6. The Morgan fingerprint density at radius 3 is 2.80 bits per heavy atom. The average Bonchev–Trinajstić information content (AvgIpc) is 2.45. The van der Waals surface area contributed by atoms with Gasteiger partial charge >= 0.3 is 0 Å². The van der Waals surface area contributed by atoms with Crippen LogP contribution in [0.4, 0.5) is 11.4 Å². The van der Waals surface area contributed by atoms with E-state index in [9.17, 15) is 10.1 Å². The maximum absolute atomic E-state index is 10.7. The van der Waals surface area contributed by atoms with Gasteiger partial charge in [-0.05, 0) is 43.4 Å². The van der Waals surface area contributed by atoms with Crippen LogP contribution >= 0.6 is 0 Å². The standard InChI is InChI=1S/C14H20N2O4/c1-19-11-3-2-4-12(8-11)20-9-10-5-6-14(16(17)18)13(15)7-10/h5-7,11-12H,2-4,8-9,15H2,1H3. The summed E-state index contributed by atoms with van der Waals surface area (Å²) in [6.07, 6.45) is 4.58. The molecule has 0 aliphatic heterocycles. The Hall–Kier alpha value is -1.66. The van der Waals surface area contributed by atoms with Crippen LogP contribution in [0.3, 0.4) is 0 Å². The van der Waals surface area contributed by atoms with Gasteiger partial charge in [-0.15, -0.1) is 0 Å². The second-order valence-electron chi connectivity index (χ2n) is 5.11. The van der Waals surface area contributed by atoms with Gasteiger partial charge in [-0.25, -0.2) is 0 Å². The summed E-state index contributed by atoms with van der Waals surface area (Å²) in [5.41, 5.74) is 6.62. The molecule has 0 saturated heterocycles. The molecule has 1 aliphatic carbocycles. The minimum Gasteiger partial charge on any atom is -0.393 e. The van der Waals surface area contributed by atoms with E-state index in [2.05, 4.69) is 0 Å². The van der Waals surface area contributed by atoms with Crippen molar-refractivity contribution in [1.82, 2.24) is 0 Å². The number of ether oxygens (including phenoxy) is 2. The number of rotatable bonds is 5. The van der Waals surface area contributed by atoms with Crippen LogP contribution in [0, 0.1) is 10.1 Å². The fraction of sp³-hybridized carbons (Fsp3) is 0.571. The number of hydrogen-bond donors (Lipinski definition) is 1. The molecule has 110 valence electrons. The molecule has 1 aromatic rings. The average molecular weight is 280 g/mol. The molecule has 0 spiro atoms. The number of nitro benzene ring substituents is 1. The quantitative estimate of drug-likeness (QED) is 0.509. The second kappa shape index (κ2) is 6.67. The minimum atomic E-state index is -0.482. The monoisotopic (exact) mass is 280 g/mol. The molecule has 20 heavy (non-hydrogen) atoms. The third-order valence-electron chi connectivity index (χ3n) is 3.69. The van der Waals surface area contributed by atoms with Gasteiger partial charge in [0.25, 0.3) is 5.69 Å². The number of hydrogen-bond acceptors (Lipinski definition) is 5. The van der Waals surface area contributed by atoms with Crippen molar-refractivity contribution in [3.63, 3.8) is 0 Å². The van der Waals surface area contributed by atoms with Crippen molar-refractivity contribution in [3.05, 3.63) is 33.9 Å². The molecular formula is C14H20N2O4. The summed E-state index contributed by atoms with van der Waals surface area (Å²) in [5, 5.41) is 10.7. The smallest absolute Gasteiger partial charge is 0.292 e. The molecule has 2 unspecified atom stereocenters. The van der Waals surface area contributed by atoms with Crippen molar-refractivity contribution < 1.29 is 14.4 Å². The Balaban J connectivity index is 1.91. The van der Waals surface area contributed by atoms with Crippen LogP contribution in [0.15, 0.2) is 18.2 Å². The number of anilines is 1. The third kappa shape index (κ3) is 3.68. The van der Waals surface area contributed by atoms with E-state index in [4.69, 9.17) is 15.2 Å². The maximum Gasteiger partial charge on any atom is 0.292 e. The normalized spacial score (nSPS) is 22.6. The molecule has 0 radical (unpaired) electrons. The van der Waals surface area contributed by atoms with Gasteiger partial charge in [-0.2, -0.15) is 0 Å². The van der Waals surface area contributed by atoms with Gasteiger partial charge in [-0.3, -0.25) is 10.1 Å². The number of benzene rings is 1. The predicted molar refractivity (Wildman–Crippen MR) is 75.4 cm³/mol. The largest absolute Gasteiger partial charge is 0.393 e. The van der Waals surface area contributed by atoms with Crippen molar-refractivity contribution in [2.75, 3.05) is 12.8 Å². The Bertz CT molecular complexity index is 478. The highest BCUT2D eigenvalue weighted by Crippen LogP contribution is 2.26. The molecule has 1 saturated carbocycles. The van der Waals surface area contributed by atoms with Crippen LogP contribution in [-0.4, -0.2) is 24.2 Å². The lowest BCUT2D eigenvalue weighted by atomic mass is 9.95. The van der Waals surface area contributed by atoms with Crippen LogP contribution in [0.1, 0.15) is 31.2 Å². The van der Waals surface area contributed by atoms with Crippen LogP contribution in [0.25, 0.3) is 0 Å². The van der Waals surface area contributed by atoms with Gasteiger partial charge < -0.3 is 15.2 Å². The summed E-state index contributed by atoms with van der Waals surface area (Å²) in [5.74, 6) is 0. The number of nitrogen functional groups attached to an aromatic ring is 1. The molecule has 0 bridgehead atoms. The molecule has 2 N–H and O–H groups in total. The molecule has 1 aromatic carbocycles. The summed E-state index contributed by atoms with van der Waals surface area (Å²) in [6.45, 7) is 0.420. The fourth-order valence-electron chi connectivity index (χ4n) is 2.54. The van der Waals surface area contributed by atoms with Crippen molar-refractivity contribution in [2.24, 2.45) is 0 Å². The first-order valence-electron chi connectivity index (χ1n) is 6.77. The van der Waals surface area contributed by atoms with E-state index in [1.807, 2.05) is 0 Å². The summed E-state index contributed by atoms with van der Waals surface area (Å²) >= 11 is 0. The third-order valence-corrected chi connectivity index (χ3v) is 3.69. The van der Waals surface area contributed by atoms with Crippen molar-refractivity contribution in [2.45, 2.75) is 44.5 Å². The van der Waals surface area contributed by atoms with E-state index in [1.165, 1.54) is 6.07 Å². The van der Waals surface area contributed by atoms with E-state index < -0.39 is 4.92 Å². The zero-order chi connectivity index (χ0) is 14.5. The maximum atomic E-state index is 10.7. The zero-order valence-electron chi connectivity index (χ0n) is 11.6. The Morgan fingerprint density at radius 2 is 2.15 bits per heavy atom. The lowest BCUT2D eigenvalue weighted by Crippen LogP contribution is -2.27. The molecule has 6 heteroatoms. The van der Waals surface area contributed by atoms with Gasteiger partial charge in [0.05, 0.1) is 23.7 Å². The van der Waals surface area contributed by atoms with E-state index >= 15 is 0 Å². The van der Waals surface area contributed by atoms with E-state index in [1.54, 1.807) is 19.2 Å². The van der Waals surface area contributed by atoms with E-state index in [0.717, 1.165) is 31.2 Å². The first-order chi connectivity index (χ1) is 9.60. The Labute approximate surface area is 118 Å². The van der Waals surface area contributed by atoms with Crippen LogP contribution < -0.4 is 5.73 Å². The van der Waals surface area contributed by atoms with Gasteiger partial charge in [0.1, 0.15) is 5.69 Å². The number of nitrogens with two attached hydrogens (primary N) is 1. The van der Waals surface area contributed by atoms with Gasteiger partial charge in [0.15, 0.2) is 0 Å².